The molecule has 134 valence electrons. The molecule has 1 amide bonds. The maximum Gasteiger partial charge on any atom is 0.254 e. The maximum atomic E-state index is 12.8. The zero-order valence-corrected chi connectivity index (χ0v) is 15.7. The van der Waals surface area contributed by atoms with Crippen molar-refractivity contribution in [1.82, 2.24) is 19.4 Å². The van der Waals surface area contributed by atoms with Gasteiger partial charge < -0.3 is 9.47 Å². The smallest absolute Gasteiger partial charge is 0.254 e. The lowest BCUT2D eigenvalue weighted by molar-refractivity contribution is 0.0704. The van der Waals surface area contributed by atoms with Crippen molar-refractivity contribution in [2.45, 2.75) is 32.2 Å². The average Bonchev–Trinajstić information content (AvgIpc) is 3.31. The molecule has 1 aliphatic rings. The Bertz CT molecular complexity index is 886. The lowest BCUT2D eigenvalue weighted by Gasteiger charge is -2.32. The van der Waals surface area contributed by atoms with Gasteiger partial charge in [0.25, 0.3) is 5.91 Å². The number of likely N-dealkylation sites (tertiary alicyclic amines) is 1. The van der Waals surface area contributed by atoms with Crippen LogP contribution in [0.15, 0.2) is 48.2 Å². The monoisotopic (exact) mass is 366 g/mol. The number of imidazole rings is 1. The molecule has 0 aromatic carbocycles. The summed E-state index contributed by atoms with van der Waals surface area (Å²) in [5, 5.41) is 1.96. The summed E-state index contributed by atoms with van der Waals surface area (Å²) in [6, 6.07) is 7.94. The molecule has 0 radical (unpaired) electrons. The SMILES string of the molecule is Cc1cc(C(=O)N2CCC[C@@H](c3nccn3Cc3ccccn3)C2)cs1. The Balaban J connectivity index is 1.50. The van der Waals surface area contributed by atoms with Crippen molar-refractivity contribution < 1.29 is 4.79 Å². The first kappa shape index (κ1) is 17.0. The predicted octanol–water partition coefficient (Wildman–Crippen LogP) is 3.72. The van der Waals surface area contributed by atoms with Crippen LogP contribution in [0.2, 0.25) is 0 Å². The molecule has 5 nitrogen and oxygen atoms in total. The van der Waals surface area contributed by atoms with Crippen molar-refractivity contribution in [3.8, 4) is 0 Å². The Morgan fingerprint density at radius 1 is 1.31 bits per heavy atom. The Morgan fingerprint density at radius 2 is 2.23 bits per heavy atom. The van der Waals surface area contributed by atoms with E-state index in [4.69, 9.17) is 0 Å². The number of aromatic nitrogens is 3. The molecule has 0 aliphatic carbocycles. The van der Waals surface area contributed by atoms with E-state index < -0.39 is 0 Å². The maximum absolute atomic E-state index is 12.8. The van der Waals surface area contributed by atoms with Gasteiger partial charge in [-0.1, -0.05) is 6.07 Å². The molecule has 4 heterocycles. The number of carbonyl (C=O) groups excluding carboxylic acids is 1. The van der Waals surface area contributed by atoms with Crippen LogP contribution in [0.4, 0.5) is 0 Å². The molecule has 0 spiro atoms. The topological polar surface area (TPSA) is 51.0 Å². The number of amides is 1. The molecular formula is C20H22N4OS. The summed E-state index contributed by atoms with van der Waals surface area (Å²) in [4.78, 5) is 25.0. The van der Waals surface area contributed by atoms with Crippen LogP contribution in [0.1, 0.15) is 45.5 Å². The van der Waals surface area contributed by atoms with Crippen LogP contribution in [0.3, 0.4) is 0 Å². The van der Waals surface area contributed by atoms with Gasteiger partial charge in [-0.05, 0) is 38.0 Å². The van der Waals surface area contributed by atoms with Crippen LogP contribution < -0.4 is 0 Å². The minimum atomic E-state index is 0.141. The van der Waals surface area contributed by atoms with Crippen molar-refractivity contribution in [3.05, 3.63) is 70.2 Å². The van der Waals surface area contributed by atoms with E-state index in [-0.39, 0.29) is 11.8 Å². The van der Waals surface area contributed by atoms with E-state index in [0.29, 0.717) is 6.54 Å². The molecule has 0 unspecified atom stereocenters. The summed E-state index contributed by atoms with van der Waals surface area (Å²) in [7, 11) is 0. The molecule has 1 fully saturated rings. The minimum Gasteiger partial charge on any atom is -0.338 e. The van der Waals surface area contributed by atoms with Crippen LogP contribution in [0.25, 0.3) is 0 Å². The molecule has 6 heteroatoms. The van der Waals surface area contributed by atoms with E-state index in [1.807, 2.05) is 60.1 Å². The van der Waals surface area contributed by atoms with Gasteiger partial charge in [0.1, 0.15) is 5.82 Å². The number of rotatable bonds is 4. The highest BCUT2D eigenvalue weighted by atomic mass is 32.1. The van der Waals surface area contributed by atoms with Gasteiger partial charge >= 0.3 is 0 Å². The number of hydrogen-bond acceptors (Lipinski definition) is 4. The Labute approximate surface area is 157 Å². The molecule has 26 heavy (non-hydrogen) atoms. The summed E-state index contributed by atoms with van der Waals surface area (Å²) >= 11 is 1.63. The van der Waals surface area contributed by atoms with Gasteiger partial charge in [0.15, 0.2) is 0 Å². The van der Waals surface area contributed by atoms with E-state index in [0.717, 1.165) is 43.0 Å². The van der Waals surface area contributed by atoms with Gasteiger partial charge in [-0.2, -0.15) is 0 Å². The average molecular weight is 366 g/mol. The van der Waals surface area contributed by atoms with Crippen LogP contribution in [0, 0.1) is 6.92 Å². The Kier molecular flexibility index (Phi) is 4.84. The van der Waals surface area contributed by atoms with E-state index >= 15 is 0 Å². The quantitative estimate of drug-likeness (QED) is 0.707. The molecule has 3 aromatic heterocycles. The van der Waals surface area contributed by atoms with Gasteiger partial charge in [0.05, 0.1) is 17.8 Å². The van der Waals surface area contributed by atoms with Crippen LogP contribution in [-0.4, -0.2) is 38.4 Å². The highest BCUT2D eigenvalue weighted by Crippen LogP contribution is 2.28. The summed E-state index contributed by atoms with van der Waals surface area (Å²) in [6.45, 7) is 4.30. The van der Waals surface area contributed by atoms with E-state index in [1.165, 1.54) is 4.88 Å². The number of pyridine rings is 1. The van der Waals surface area contributed by atoms with Crippen molar-refractivity contribution in [2.75, 3.05) is 13.1 Å². The first-order valence-electron chi connectivity index (χ1n) is 8.96. The number of nitrogens with zero attached hydrogens (tertiary/aromatic N) is 4. The number of aryl methyl sites for hydroxylation is 1. The molecule has 1 atom stereocenters. The molecule has 4 rings (SSSR count). The van der Waals surface area contributed by atoms with Crippen LogP contribution >= 0.6 is 11.3 Å². The van der Waals surface area contributed by atoms with Crippen molar-refractivity contribution in [2.24, 2.45) is 0 Å². The molecule has 3 aromatic rings. The fourth-order valence-corrected chi connectivity index (χ4v) is 4.27. The van der Waals surface area contributed by atoms with Gasteiger partial charge in [0.2, 0.25) is 0 Å². The first-order chi connectivity index (χ1) is 12.7. The standard InChI is InChI=1S/C20H22N4OS/c1-15-11-17(14-26-15)20(25)24-9-4-5-16(12-24)19-22-8-10-23(19)13-18-6-2-3-7-21-18/h2-3,6-8,10-11,14,16H,4-5,9,12-13H2,1H3/t16-/m1/s1. The highest BCUT2D eigenvalue weighted by Gasteiger charge is 2.28. The Morgan fingerprint density at radius 3 is 3.00 bits per heavy atom. The molecule has 0 N–H and O–H groups in total. The summed E-state index contributed by atoms with van der Waals surface area (Å²) < 4.78 is 2.16. The predicted molar refractivity (Wildman–Crippen MR) is 103 cm³/mol. The molecular weight excluding hydrogens is 344 g/mol. The van der Waals surface area contributed by atoms with Gasteiger partial charge in [-0.25, -0.2) is 4.98 Å². The molecule has 1 aliphatic heterocycles. The third kappa shape index (κ3) is 3.55. The lowest BCUT2D eigenvalue weighted by atomic mass is 9.96. The zero-order chi connectivity index (χ0) is 17.9. The van der Waals surface area contributed by atoms with Crippen molar-refractivity contribution in [3.63, 3.8) is 0 Å². The van der Waals surface area contributed by atoms with E-state index in [2.05, 4.69) is 14.5 Å². The van der Waals surface area contributed by atoms with Crippen LogP contribution in [0.5, 0.6) is 0 Å². The van der Waals surface area contributed by atoms with Crippen molar-refractivity contribution in [1.29, 1.82) is 0 Å². The fraction of sp³-hybridized carbons (Fsp3) is 0.350. The molecule has 1 saturated heterocycles. The molecule has 0 bridgehead atoms. The van der Waals surface area contributed by atoms with Gasteiger partial charge in [-0.15, -0.1) is 11.3 Å². The van der Waals surface area contributed by atoms with Gasteiger partial charge in [-0.3, -0.25) is 9.78 Å². The largest absolute Gasteiger partial charge is 0.338 e. The third-order valence-corrected chi connectivity index (χ3v) is 5.72. The summed E-state index contributed by atoms with van der Waals surface area (Å²) in [5.74, 6) is 1.46. The minimum absolute atomic E-state index is 0.141. The summed E-state index contributed by atoms with van der Waals surface area (Å²) in [5.41, 5.74) is 1.83. The first-order valence-corrected chi connectivity index (χ1v) is 9.84. The lowest BCUT2D eigenvalue weighted by Crippen LogP contribution is -2.39. The molecule has 0 saturated carbocycles. The summed E-state index contributed by atoms with van der Waals surface area (Å²) in [6.07, 6.45) is 7.74. The normalized spacial score (nSPS) is 17.4. The van der Waals surface area contributed by atoms with Gasteiger partial charge in [0, 0.05) is 47.9 Å². The Hall–Kier alpha value is -2.47. The number of hydrogen-bond donors (Lipinski definition) is 0. The van der Waals surface area contributed by atoms with E-state index in [9.17, 15) is 4.79 Å². The van der Waals surface area contributed by atoms with Crippen LogP contribution in [-0.2, 0) is 6.54 Å². The zero-order valence-electron chi connectivity index (χ0n) is 14.8. The second kappa shape index (κ2) is 7.41. The van der Waals surface area contributed by atoms with Crippen molar-refractivity contribution >= 4 is 17.2 Å². The number of piperidine rings is 1. The van der Waals surface area contributed by atoms with E-state index in [1.54, 1.807) is 11.3 Å². The second-order valence-electron chi connectivity index (χ2n) is 6.77. The fourth-order valence-electron chi connectivity index (χ4n) is 3.59. The highest BCUT2D eigenvalue weighted by molar-refractivity contribution is 7.10. The number of carbonyl (C=O) groups is 1. The third-order valence-electron chi connectivity index (χ3n) is 4.86. The number of thiophene rings is 1. The second-order valence-corrected chi connectivity index (χ2v) is 7.89.